The molecule has 0 saturated carbocycles. The van der Waals surface area contributed by atoms with Gasteiger partial charge in [-0.25, -0.2) is 4.98 Å². The van der Waals surface area contributed by atoms with E-state index < -0.39 is 22.7 Å². The summed E-state index contributed by atoms with van der Waals surface area (Å²) in [5.74, 6) is -1.97. The molecule has 1 aliphatic heterocycles. The molecule has 0 bridgehead atoms. The first-order valence-electron chi connectivity index (χ1n) is 10.6. The number of aromatic nitrogens is 2. The van der Waals surface area contributed by atoms with Crippen molar-refractivity contribution in [1.82, 2.24) is 9.97 Å². The first kappa shape index (κ1) is 22.4. The lowest BCUT2D eigenvalue weighted by molar-refractivity contribution is -0.384. The van der Waals surface area contributed by atoms with Crippen molar-refractivity contribution in [3.05, 3.63) is 98.9 Å². The number of thiazole rings is 1. The number of Topliss-reactive ketones (excluding diaryl/α,β-unsaturated/α-hetero) is 1. The molecule has 3 heterocycles. The largest absolute Gasteiger partial charge is 0.507 e. The van der Waals surface area contributed by atoms with Crippen LogP contribution < -0.4 is 4.90 Å². The molecule has 174 valence electrons. The number of amides is 1. The Labute approximate surface area is 203 Å². The van der Waals surface area contributed by atoms with Crippen LogP contribution in [0.5, 0.6) is 0 Å². The molecular weight excluding hydrogens is 468 g/mol. The maximum Gasteiger partial charge on any atom is 0.301 e. The van der Waals surface area contributed by atoms with E-state index in [0.29, 0.717) is 21.3 Å². The van der Waals surface area contributed by atoms with E-state index >= 15 is 0 Å². The second-order valence-corrected chi connectivity index (χ2v) is 9.19. The quantitative estimate of drug-likeness (QED) is 0.144. The van der Waals surface area contributed by atoms with Crippen LogP contribution >= 0.6 is 11.3 Å². The average Bonchev–Trinajstić information content (AvgIpc) is 3.38. The van der Waals surface area contributed by atoms with E-state index in [0.717, 1.165) is 22.5 Å². The smallest absolute Gasteiger partial charge is 0.301 e. The molecule has 35 heavy (non-hydrogen) atoms. The highest BCUT2D eigenvalue weighted by atomic mass is 32.1. The van der Waals surface area contributed by atoms with Gasteiger partial charge in [-0.05, 0) is 43.2 Å². The summed E-state index contributed by atoms with van der Waals surface area (Å²) in [6.07, 6.45) is 3.09. The monoisotopic (exact) mass is 486 g/mol. The van der Waals surface area contributed by atoms with Crippen molar-refractivity contribution < 1.29 is 19.6 Å². The first-order chi connectivity index (χ1) is 16.8. The lowest BCUT2D eigenvalue weighted by Crippen LogP contribution is -2.29. The number of hydrogen-bond acceptors (Lipinski definition) is 8. The molecule has 1 atom stereocenters. The number of pyridine rings is 1. The second kappa shape index (κ2) is 8.41. The van der Waals surface area contributed by atoms with E-state index in [1.54, 1.807) is 24.4 Å². The Morgan fingerprint density at radius 3 is 2.66 bits per heavy atom. The average molecular weight is 487 g/mol. The molecule has 2 aromatic carbocycles. The van der Waals surface area contributed by atoms with Crippen LogP contribution in [0.2, 0.25) is 0 Å². The van der Waals surface area contributed by atoms with Crippen LogP contribution in [-0.4, -0.2) is 31.7 Å². The molecule has 9 nitrogen and oxygen atoms in total. The van der Waals surface area contributed by atoms with E-state index in [-0.39, 0.29) is 22.2 Å². The number of ketones is 1. The third-order valence-corrected chi connectivity index (χ3v) is 6.89. The fourth-order valence-corrected chi connectivity index (χ4v) is 5.16. The number of rotatable bonds is 4. The Balaban J connectivity index is 1.73. The number of fused-ring (bicyclic) bond motifs is 1. The number of non-ortho nitro benzene ring substituents is 1. The molecule has 1 unspecified atom stereocenters. The Bertz CT molecular complexity index is 1560. The van der Waals surface area contributed by atoms with Gasteiger partial charge in [-0.15, -0.1) is 0 Å². The lowest BCUT2D eigenvalue weighted by atomic mass is 9.94. The predicted octanol–water partition coefficient (Wildman–Crippen LogP) is 4.84. The molecule has 0 radical (unpaired) electrons. The van der Waals surface area contributed by atoms with Crippen molar-refractivity contribution in [1.29, 1.82) is 0 Å². The Hall–Kier alpha value is -4.44. The van der Waals surface area contributed by atoms with E-state index in [1.165, 1.54) is 29.3 Å². The zero-order valence-corrected chi connectivity index (χ0v) is 19.4. The van der Waals surface area contributed by atoms with Gasteiger partial charge < -0.3 is 5.11 Å². The fraction of sp³-hybridized carbons (Fsp3) is 0.120. The Morgan fingerprint density at radius 2 is 1.94 bits per heavy atom. The van der Waals surface area contributed by atoms with Crippen molar-refractivity contribution in [2.45, 2.75) is 19.9 Å². The highest BCUT2D eigenvalue weighted by molar-refractivity contribution is 7.22. The van der Waals surface area contributed by atoms with Crippen LogP contribution in [0, 0.1) is 24.0 Å². The number of nitro groups is 1. The van der Waals surface area contributed by atoms with Crippen LogP contribution in [0.1, 0.15) is 28.3 Å². The predicted molar refractivity (Wildman–Crippen MR) is 131 cm³/mol. The zero-order chi connectivity index (χ0) is 24.9. The molecule has 1 aliphatic rings. The van der Waals surface area contributed by atoms with Crippen LogP contribution in [-0.2, 0) is 9.59 Å². The summed E-state index contributed by atoms with van der Waals surface area (Å²) in [5.41, 5.74) is 2.89. The maximum atomic E-state index is 13.3. The van der Waals surface area contributed by atoms with E-state index in [9.17, 15) is 24.8 Å². The minimum absolute atomic E-state index is 0.0677. The number of carbonyl (C=O) groups excluding carboxylic acids is 2. The third-order valence-electron chi connectivity index (χ3n) is 5.87. The van der Waals surface area contributed by atoms with Crippen molar-refractivity contribution in [3.8, 4) is 0 Å². The van der Waals surface area contributed by atoms with Gasteiger partial charge in [0.05, 0.1) is 26.8 Å². The van der Waals surface area contributed by atoms with Crippen LogP contribution in [0.15, 0.2) is 66.5 Å². The highest BCUT2D eigenvalue weighted by Gasteiger charge is 2.48. The number of carbonyl (C=O) groups is 2. The van der Waals surface area contributed by atoms with Gasteiger partial charge in [-0.2, -0.15) is 0 Å². The molecule has 5 rings (SSSR count). The van der Waals surface area contributed by atoms with E-state index in [4.69, 9.17) is 0 Å². The number of nitrogens with zero attached hydrogens (tertiary/aromatic N) is 4. The Kier molecular flexibility index (Phi) is 5.37. The fourth-order valence-electron chi connectivity index (χ4n) is 4.14. The molecule has 1 amide bonds. The molecule has 2 aromatic heterocycles. The molecule has 0 spiro atoms. The summed E-state index contributed by atoms with van der Waals surface area (Å²) in [6.45, 7) is 3.68. The van der Waals surface area contributed by atoms with Crippen LogP contribution in [0.25, 0.3) is 16.0 Å². The van der Waals surface area contributed by atoms with E-state index in [2.05, 4.69) is 9.97 Å². The van der Waals surface area contributed by atoms with E-state index in [1.807, 2.05) is 26.0 Å². The van der Waals surface area contributed by atoms with Crippen molar-refractivity contribution in [2.24, 2.45) is 0 Å². The highest BCUT2D eigenvalue weighted by Crippen LogP contribution is 2.44. The topological polar surface area (TPSA) is 127 Å². The normalized spacial score (nSPS) is 17.3. The van der Waals surface area contributed by atoms with Crippen molar-refractivity contribution in [3.63, 3.8) is 0 Å². The number of anilines is 1. The molecule has 10 heteroatoms. The zero-order valence-electron chi connectivity index (χ0n) is 18.6. The molecule has 1 fully saturated rings. The van der Waals surface area contributed by atoms with Gasteiger partial charge in [-0.1, -0.05) is 35.1 Å². The van der Waals surface area contributed by atoms with Gasteiger partial charge in [0.1, 0.15) is 5.76 Å². The summed E-state index contributed by atoms with van der Waals surface area (Å²) >= 11 is 1.06. The third kappa shape index (κ3) is 3.73. The van der Waals surface area contributed by atoms with Gasteiger partial charge in [0.25, 0.3) is 11.5 Å². The number of nitro benzene ring substituents is 1. The summed E-state index contributed by atoms with van der Waals surface area (Å²) in [5, 5.41) is 22.7. The van der Waals surface area contributed by atoms with Crippen LogP contribution in [0.3, 0.4) is 0 Å². The van der Waals surface area contributed by atoms with Crippen molar-refractivity contribution in [2.75, 3.05) is 4.90 Å². The van der Waals surface area contributed by atoms with Gasteiger partial charge in [0, 0.05) is 30.1 Å². The molecule has 0 aliphatic carbocycles. The summed E-state index contributed by atoms with van der Waals surface area (Å²) < 4.78 is 0.496. The Morgan fingerprint density at radius 1 is 1.14 bits per heavy atom. The maximum absolute atomic E-state index is 13.3. The second-order valence-electron chi connectivity index (χ2n) is 8.18. The van der Waals surface area contributed by atoms with Crippen LogP contribution in [0.4, 0.5) is 10.8 Å². The van der Waals surface area contributed by atoms with Gasteiger partial charge in [-0.3, -0.25) is 29.6 Å². The number of benzene rings is 2. The van der Waals surface area contributed by atoms with Gasteiger partial charge in [0.15, 0.2) is 5.13 Å². The minimum Gasteiger partial charge on any atom is -0.507 e. The van der Waals surface area contributed by atoms with Gasteiger partial charge >= 0.3 is 5.91 Å². The minimum atomic E-state index is -0.973. The number of hydrogen-bond donors (Lipinski definition) is 1. The first-order valence-corrected chi connectivity index (χ1v) is 11.4. The molecule has 1 N–H and O–H groups in total. The van der Waals surface area contributed by atoms with Gasteiger partial charge in [0.2, 0.25) is 0 Å². The van der Waals surface area contributed by atoms with Crippen molar-refractivity contribution >= 4 is 49.8 Å². The number of aliphatic hydroxyl groups excluding tert-OH is 1. The summed E-state index contributed by atoms with van der Waals surface area (Å²) in [4.78, 5) is 47.1. The number of aryl methyl sites for hydroxylation is 2. The molecule has 4 aromatic rings. The summed E-state index contributed by atoms with van der Waals surface area (Å²) in [6, 6.07) is 12.1. The number of aliphatic hydroxyl groups is 1. The lowest BCUT2D eigenvalue weighted by Gasteiger charge is -2.22. The summed E-state index contributed by atoms with van der Waals surface area (Å²) in [7, 11) is 0. The molecular formula is C25H18N4O5S. The SMILES string of the molecule is Cc1ccc(C)c(/C(O)=C2\C(=O)C(=O)N(c3nc4ccc([N+](=O)[O-])cc4s3)C2c2cccnc2)c1. The standard InChI is InChI=1S/C25H18N4O5S/c1-13-5-6-14(2)17(10-13)22(30)20-21(15-4-3-9-26-12-15)28(24(32)23(20)31)25-27-18-8-7-16(29(33)34)11-19(18)35-25/h3-12,21,30H,1-2H3/b22-20+. The molecule has 1 saturated heterocycles.